The van der Waals surface area contributed by atoms with Crippen LogP contribution in [0.2, 0.25) is 0 Å². The molecule has 0 aromatic carbocycles. The van der Waals surface area contributed by atoms with E-state index in [-0.39, 0.29) is 12.2 Å². The third-order valence-corrected chi connectivity index (χ3v) is 2.24. The molecule has 3 N–H and O–H groups in total. The van der Waals surface area contributed by atoms with Crippen LogP contribution in [0.15, 0.2) is 12.5 Å². The molecule has 66 valence electrons. The van der Waals surface area contributed by atoms with Crippen LogP contribution in [0.5, 0.6) is 0 Å². The second-order valence-corrected chi connectivity index (χ2v) is 3.07. The molecular formula is C8H13N3O. The highest BCUT2D eigenvalue weighted by Crippen LogP contribution is 2.30. The summed E-state index contributed by atoms with van der Waals surface area (Å²) in [6, 6.07) is 0. The number of nitrogens with one attached hydrogen (secondary N) is 1. The first-order chi connectivity index (χ1) is 5.90. The summed E-state index contributed by atoms with van der Waals surface area (Å²) in [5.74, 6) is 0. The first-order valence-electron chi connectivity index (χ1n) is 4.24. The van der Waals surface area contributed by atoms with E-state index in [0.717, 1.165) is 18.5 Å². The molecule has 1 aliphatic heterocycles. The summed E-state index contributed by atoms with van der Waals surface area (Å²) in [5, 5.41) is 0. The lowest BCUT2D eigenvalue weighted by atomic mass is 10.1. The fourth-order valence-corrected chi connectivity index (χ4v) is 1.55. The van der Waals surface area contributed by atoms with Gasteiger partial charge < -0.3 is 15.5 Å². The van der Waals surface area contributed by atoms with E-state index in [2.05, 4.69) is 9.97 Å². The third-order valence-electron chi connectivity index (χ3n) is 2.24. The second kappa shape index (κ2) is 3.25. The predicted molar refractivity (Wildman–Crippen MR) is 44.5 cm³/mol. The second-order valence-electron chi connectivity index (χ2n) is 3.07. The van der Waals surface area contributed by atoms with E-state index in [1.165, 1.54) is 0 Å². The van der Waals surface area contributed by atoms with Gasteiger partial charge in [-0.25, -0.2) is 4.98 Å². The molecule has 0 radical (unpaired) electrons. The number of hydrogen-bond donors (Lipinski definition) is 2. The largest absolute Gasteiger partial charge is 0.367 e. The average molecular weight is 167 g/mol. The monoisotopic (exact) mass is 167 g/mol. The molecule has 4 nitrogen and oxygen atoms in total. The number of rotatable bonds is 2. The number of imidazole rings is 1. The molecule has 2 heterocycles. The molecule has 1 aliphatic rings. The lowest BCUT2D eigenvalue weighted by Gasteiger charge is -2.09. The molecule has 2 atom stereocenters. The van der Waals surface area contributed by atoms with Crippen molar-refractivity contribution in [2.75, 3.05) is 6.54 Å². The normalized spacial score (nSPS) is 29.4. The topological polar surface area (TPSA) is 63.9 Å². The number of nitrogens with zero attached hydrogens (tertiary/aromatic N) is 1. The number of aromatic nitrogens is 2. The van der Waals surface area contributed by atoms with E-state index in [9.17, 15) is 0 Å². The van der Waals surface area contributed by atoms with Gasteiger partial charge in [-0.15, -0.1) is 0 Å². The molecule has 0 unspecified atom stereocenters. The van der Waals surface area contributed by atoms with Gasteiger partial charge in [0.2, 0.25) is 0 Å². The van der Waals surface area contributed by atoms with E-state index in [4.69, 9.17) is 10.5 Å². The Morgan fingerprint density at radius 1 is 1.67 bits per heavy atom. The van der Waals surface area contributed by atoms with E-state index >= 15 is 0 Å². The molecule has 0 bridgehead atoms. The lowest BCUT2D eigenvalue weighted by molar-refractivity contribution is 0.0476. The summed E-state index contributed by atoms with van der Waals surface area (Å²) in [7, 11) is 0. The number of nitrogens with two attached hydrogens (primary N) is 1. The highest BCUT2D eigenvalue weighted by Gasteiger charge is 2.25. The molecule has 1 aromatic heterocycles. The molecule has 1 saturated heterocycles. The Labute approximate surface area is 71.1 Å². The van der Waals surface area contributed by atoms with Gasteiger partial charge >= 0.3 is 0 Å². The third kappa shape index (κ3) is 1.35. The Balaban J connectivity index is 2.00. The minimum atomic E-state index is 0.182. The maximum Gasteiger partial charge on any atom is 0.0993 e. The van der Waals surface area contributed by atoms with Gasteiger partial charge in [-0.2, -0.15) is 0 Å². The standard InChI is InChI=1S/C8H13N3O/c9-3-6-1-2-8(12-6)7-4-10-5-11-7/h4-6,8H,1-3,9H2,(H,10,11)/t6-,8-/m0/s1. The smallest absolute Gasteiger partial charge is 0.0993 e. The van der Waals surface area contributed by atoms with Crippen LogP contribution in [0.1, 0.15) is 24.6 Å². The van der Waals surface area contributed by atoms with Gasteiger partial charge in [0.05, 0.1) is 30.4 Å². The fraction of sp³-hybridized carbons (Fsp3) is 0.625. The predicted octanol–water partition coefficient (Wildman–Crippen LogP) is 0.588. The van der Waals surface area contributed by atoms with Crippen molar-refractivity contribution in [1.29, 1.82) is 0 Å². The summed E-state index contributed by atoms with van der Waals surface area (Å²) >= 11 is 0. The number of H-pyrrole nitrogens is 1. The van der Waals surface area contributed by atoms with Crippen molar-refractivity contribution in [2.24, 2.45) is 5.73 Å². The summed E-state index contributed by atoms with van der Waals surface area (Å²) in [5.41, 5.74) is 6.56. The van der Waals surface area contributed by atoms with Crippen molar-refractivity contribution in [2.45, 2.75) is 25.0 Å². The van der Waals surface area contributed by atoms with Crippen molar-refractivity contribution in [3.8, 4) is 0 Å². The van der Waals surface area contributed by atoms with Crippen LogP contribution in [0.4, 0.5) is 0 Å². The zero-order valence-electron chi connectivity index (χ0n) is 6.86. The van der Waals surface area contributed by atoms with Crippen LogP contribution in [-0.4, -0.2) is 22.6 Å². The van der Waals surface area contributed by atoms with Crippen molar-refractivity contribution in [3.05, 3.63) is 18.2 Å². The Kier molecular flexibility index (Phi) is 2.10. The Morgan fingerprint density at radius 3 is 3.17 bits per heavy atom. The first-order valence-corrected chi connectivity index (χ1v) is 4.24. The minimum absolute atomic E-state index is 0.182. The molecule has 0 spiro atoms. The molecule has 0 amide bonds. The van der Waals surface area contributed by atoms with Crippen LogP contribution >= 0.6 is 0 Å². The zero-order chi connectivity index (χ0) is 8.39. The number of hydrogen-bond acceptors (Lipinski definition) is 3. The van der Waals surface area contributed by atoms with E-state index in [1.54, 1.807) is 6.33 Å². The molecule has 1 aromatic rings. The van der Waals surface area contributed by atoms with Gasteiger partial charge in [0, 0.05) is 6.54 Å². The quantitative estimate of drug-likeness (QED) is 0.677. The number of aromatic amines is 1. The Bertz CT molecular complexity index is 234. The van der Waals surface area contributed by atoms with Crippen molar-refractivity contribution in [1.82, 2.24) is 9.97 Å². The molecule has 0 aliphatic carbocycles. The summed E-state index contributed by atoms with van der Waals surface area (Å²) in [4.78, 5) is 7.00. The van der Waals surface area contributed by atoms with Crippen molar-refractivity contribution < 1.29 is 4.74 Å². The van der Waals surface area contributed by atoms with Crippen LogP contribution in [0, 0.1) is 0 Å². The molecule has 2 rings (SSSR count). The Hall–Kier alpha value is -0.870. The van der Waals surface area contributed by atoms with Crippen LogP contribution in [-0.2, 0) is 4.74 Å². The van der Waals surface area contributed by atoms with Gasteiger partial charge in [-0.1, -0.05) is 0 Å². The summed E-state index contributed by atoms with van der Waals surface area (Å²) < 4.78 is 5.66. The number of ether oxygens (including phenoxy) is 1. The average Bonchev–Trinajstić information content (AvgIpc) is 2.75. The van der Waals surface area contributed by atoms with E-state index in [1.807, 2.05) is 6.20 Å². The van der Waals surface area contributed by atoms with Gasteiger partial charge in [0.25, 0.3) is 0 Å². The molecule has 4 heteroatoms. The molecular weight excluding hydrogens is 154 g/mol. The van der Waals surface area contributed by atoms with Gasteiger partial charge in [0.15, 0.2) is 0 Å². The van der Waals surface area contributed by atoms with E-state index in [0.29, 0.717) is 6.54 Å². The van der Waals surface area contributed by atoms with Crippen LogP contribution < -0.4 is 5.73 Å². The lowest BCUT2D eigenvalue weighted by Crippen LogP contribution is -2.18. The minimum Gasteiger partial charge on any atom is -0.367 e. The zero-order valence-corrected chi connectivity index (χ0v) is 6.86. The summed E-state index contributed by atoms with van der Waals surface area (Å²) in [6.07, 6.45) is 6.00. The highest BCUT2D eigenvalue weighted by molar-refractivity contribution is 5.01. The van der Waals surface area contributed by atoms with Crippen LogP contribution in [0.25, 0.3) is 0 Å². The van der Waals surface area contributed by atoms with Crippen molar-refractivity contribution in [3.63, 3.8) is 0 Å². The maximum atomic E-state index is 5.66. The van der Waals surface area contributed by atoms with Gasteiger partial charge in [-0.05, 0) is 12.8 Å². The Morgan fingerprint density at radius 2 is 2.58 bits per heavy atom. The van der Waals surface area contributed by atoms with Gasteiger partial charge in [0.1, 0.15) is 0 Å². The molecule has 0 saturated carbocycles. The fourth-order valence-electron chi connectivity index (χ4n) is 1.55. The maximum absolute atomic E-state index is 5.66. The SMILES string of the molecule is NC[C@@H]1CC[C@@H](c2cnc[nH]2)O1. The van der Waals surface area contributed by atoms with Crippen molar-refractivity contribution >= 4 is 0 Å². The van der Waals surface area contributed by atoms with Gasteiger partial charge in [-0.3, -0.25) is 0 Å². The van der Waals surface area contributed by atoms with E-state index < -0.39 is 0 Å². The molecule has 12 heavy (non-hydrogen) atoms. The van der Waals surface area contributed by atoms with Crippen LogP contribution in [0.3, 0.4) is 0 Å². The first kappa shape index (κ1) is 7.76. The molecule has 1 fully saturated rings. The summed E-state index contributed by atoms with van der Waals surface area (Å²) in [6.45, 7) is 0.616. The highest BCUT2D eigenvalue weighted by atomic mass is 16.5.